The van der Waals surface area contributed by atoms with Gasteiger partial charge in [-0.1, -0.05) is 0 Å². The van der Waals surface area contributed by atoms with Crippen LogP contribution in [-0.4, -0.2) is 4.92 Å². The molecule has 0 aliphatic rings. The lowest BCUT2D eigenvalue weighted by molar-refractivity contribution is -0.387. The molecule has 2 aromatic rings. The maximum atomic E-state index is 13.1. The van der Waals surface area contributed by atoms with Gasteiger partial charge in [0.2, 0.25) is 5.82 Å². The summed E-state index contributed by atoms with van der Waals surface area (Å²) in [7, 11) is 0. The fourth-order valence-electron chi connectivity index (χ4n) is 1.40. The first-order chi connectivity index (χ1) is 8.58. The summed E-state index contributed by atoms with van der Waals surface area (Å²) in [6.45, 7) is 0.529. The van der Waals surface area contributed by atoms with Crippen molar-refractivity contribution in [3.63, 3.8) is 0 Å². The number of halogens is 2. The zero-order valence-electron chi connectivity index (χ0n) is 9.02. The second-order valence-electron chi connectivity index (χ2n) is 3.47. The molecule has 1 heterocycles. The quantitative estimate of drug-likeness (QED) is 0.676. The third-order valence-electron chi connectivity index (χ3n) is 2.29. The Bertz CT molecular complexity index is 588. The Morgan fingerprint density at radius 1 is 1.44 bits per heavy atom. The molecule has 0 atom stereocenters. The lowest BCUT2D eigenvalue weighted by atomic mass is 10.2. The minimum Gasteiger partial charge on any atom is -0.380 e. The van der Waals surface area contributed by atoms with E-state index in [1.807, 2.05) is 11.4 Å². The molecule has 0 radical (unpaired) electrons. The minimum atomic E-state index is -0.831. The van der Waals surface area contributed by atoms with E-state index >= 15 is 0 Å². The molecule has 1 N–H and O–H groups in total. The highest BCUT2D eigenvalue weighted by Crippen LogP contribution is 2.25. The molecule has 0 spiro atoms. The van der Waals surface area contributed by atoms with E-state index in [9.17, 15) is 14.5 Å². The summed E-state index contributed by atoms with van der Waals surface area (Å²) in [5, 5.41) is 15.6. The van der Waals surface area contributed by atoms with Crippen LogP contribution in [0.4, 0.5) is 15.8 Å². The van der Waals surface area contributed by atoms with Crippen LogP contribution in [0.2, 0.25) is 0 Å². The van der Waals surface area contributed by atoms with Gasteiger partial charge in [0.25, 0.3) is 0 Å². The number of thiophene rings is 1. The molecule has 0 unspecified atom stereocenters. The minimum absolute atomic E-state index is 0.517. The van der Waals surface area contributed by atoms with Gasteiger partial charge in [0.1, 0.15) is 0 Å². The number of nitro benzene ring substituents is 1. The lowest BCUT2D eigenvalue weighted by Crippen LogP contribution is -2.00. The standard InChI is InChI=1S/C11H8BrFN2O2S/c12-8-3-4-18-11(8)6-14-7-1-2-9(13)10(5-7)15(16)17/h1-5,14H,6H2. The van der Waals surface area contributed by atoms with Crippen LogP contribution < -0.4 is 5.32 Å². The zero-order chi connectivity index (χ0) is 13.1. The van der Waals surface area contributed by atoms with E-state index in [1.165, 1.54) is 12.1 Å². The van der Waals surface area contributed by atoms with Crippen molar-refractivity contribution in [2.75, 3.05) is 5.32 Å². The molecule has 94 valence electrons. The van der Waals surface area contributed by atoms with Crippen molar-refractivity contribution in [1.29, 1.82) is 0 Å². The lowest BCUT2D eigenvalue weighted by Gasteiger charge is -2.05. The van der Waals surface area contributed by atoms with Gasteiger partial charge in [-0.3, -0.25) is 10.1 Å². The van der Waals surface area contributed by atoms with Crippen LogP contribution in [0, 0.1) is 15.9 Å². The number of nitrogens with zero attached hydrogens (tertiary/aromatic N) is 1. The largest absolute Gasteiger partial charge is 0.380 e. The molecule has 18 heavy (non-hydrogen) atoms. The Labute approximate surface area is 115 Å². The summed E-state index contributed by atoms with van der Waals surface area (Å²) in [6, 6.07) is 5.68. The van der Waals surface area contributed by atoms with Crippen molar-refractivity contribution >= 4 is 38.6 Å². The van der Waals surface area contributed by atoms with E-state index < -0.39 is 16.4 Å². The maximum Gasteiger partial charge on any atom is 0.306 e. The van der Waals surface area contributed by atoms with Crippen LogP contribution in [0.25, 0.3) is 0 Å². The number of benzene rings is 1. The summed E-state index contributed by atoms with van der Waals surface area (Å²) in [5.74, 6) is -0.831. The molecule has 2 rings (SSSR count). The van der Waals surface area contributed by atoms with Gasteiger partial charge in [0.15, 0.2) is 0 Å². The number of anilines is 1. The molecular weight excluding hydrogens is 323 g/mol. The van der Waals surface area contributed by atoms with Crippen LogP contribution in [0.5, 0.6) is 0 Å². The van der Waals surface area contributed by atoms with Crippen molar-refractivity contribution in [3.05, 3.63) is 54.9 Å². The molecule has 0 amide bonds. The Kier molecular flexibility index (Phi) is 3.93. The van der Waals surface area contributed by atoms with Crippen LogP contribution in [-0.2, 0) is 6.54 Å². The maximum absolute atomic E-state index is 13.1. The van der Waals surface area contributed by atoms with Crippen molar-refractivity contribution in [2.24, 2.45) is 0 Å². The van der Waals surface area contributed by atoms with Crippen molar-refractivity contribution < 1.29 is 9.31 Å². The Hall–Kier alpha value is -1.47. The number of nitro groups is 1. The van der Waals surface area contributed by atoms with Crippen LogP contribution in [0.15, 0.2) is 34.1 Å². The van der Waals surface area contributed by atoms with Gasteiger partial charge in [0, 0.05) is 21.1 Å². The van der Waals surface area contributed by atoms with E-state index in [1.54, 1.807) is 11.3 Å². The fraction of sp³-hybridized carbons (Fsp3) is 0.0909. The first-order valence-electron chi connectivity index (χ1n) is 4.97. The predicted octanol–water partition coefficient (Wildman–Crippen LogP) is 4.17. The molecule has 7 heteroatoms. The van der Waals surface area contributed by atoms with Crippen LogP contribution in [0.1, 0.15) is 4.88 Å². The molecule has 0 aliphatic heterocycles. The third-order valence-corrected chi connectivity index (χ3v) is 4.21. The molecular formula is C11H8BrFN2O2S. The monoisotopic (exact) mass is 330 g/mol. The second-order valence-corrected chi connectivity index (χ2v) is 5.32. The average molecular weight is 331 g/mol. The molecule has 0 saturated carbocycles. The topological polar surface area (TPSA) is 55.2 Å². The third kappa shape index (κ3) is 2.85. The molecule has 1 aromatic carbocycles. The SMILES string of the molecule is O=[N+]([O-])c1cc(NCc2sccc2Br)ccc1F. The highest BCUT2D eigenvalue weighted by atomic mass is 79.9. The van der Waals surface area contributed by atoms with Crippen LogP contribution >= 0.6 is 27.3 Å². The highest BCUT2D eigenvalue weighted by Gasteiger charge is 2.14. The van der Waals surface area contributed by atoms with E-state index in [0.717, 1.165) is 15.4 Å². The predicted molar refractivity (Wildman–Crippen MR) is 72.4 cm³/mol. The Morgan fingerprint density at radius 3 is 2.83 bits per heavy atom. The number of nitrogens with one attached hydrogen (secondary N) is 1. The Morgan fingerprint density at radius 2 is 2.22 bits per heavy atom. The highest BCUT2D eigenvalue weighted by molar-refractivity contribution is 9.10. The molecule has 0 aliphatic carbocycles. The smallest absolute Gasteiger partial charge is 0.306 e. The first-order valence-corrected chi connectivity index (χ1v) is 6.65. The van der Waals surface area contributed by atoms with Gasteiger partial charge in [0.05, 0.1) is 11.5 Å². The fourth-order valence-corrected chi connectivity index (χ4v) is 2.83. The molecule has 0 fully saturated rings. The van der Waals surface area contributed by atoms with Gasteiger partial charge in [-0.2, -0.15) is 4.39 Å². The number of hydrogen-bond donors (Lipinski definition) is 1. The van der Waals surface area contributed by atoms with Crippen molar-refractivity contribution in [1.82, 2.24) is 0 Å². The molecule has 4 nitrogen and oxygen atoms in total. The van der Waals surface area contributed by atoms with Gasteiger partial charge < -0.3 is 5.32 Å². The molecule has 0 bridgehead atoms. The average Bonchev–Trinajstić information content (AvgIpc) is 2.73. The van der Waals surface area contributed by atoms with E-state index in [2.05, 4.69) is 21.2 Å². The molecule has 0 saturated heterocycles. The summed E-state index contributed by atoms with van der Waals surface area (Å²) in [6.07, 6.45) is 0. The number of hydrogen-bond acceptors (Lipinski definition) is 4. The van der Waals surface area contributed by atoms with Crippen molar-refractivity contribution in [3.8, 4) is 0 Å². The zero-order valence-corrected chi connectivity index (χ0v) is 11.4. The van der Waals surface area contributed by atoms with Crippen LogP contribution in [0.3, 0.4) is 0 Å². The Balaban J connectivity index is 2.13. The van der Waals surface area contributed by atoms with Gasteiger partial charge >= 0.3 is 5.69 Å². The van der Waals surface area contributed by atoms with E-state index in [-0.39, 0.29) is 0 Å². The normalized spacial score (nSPS) is 10.3. The van der Waals surface area contributed by atoms with E-state index in [4.69, 9.17) is 0 Å². The first kappa shape index (κ1) is 13.0. The summed E-state index contributed by atoms with van der Waals surface area (Å²) >= 11 is 4.96. The van der Waals surface area contributed by atoms with Gasteiger partial charge in [-0.25, -0.2) is 0 Å². The summed E-state index contributed by atoms with van der Waals surface area (Å²) in [4.78, 5) is 10.9. The second kappa shape index (κ2) is 5.45. The summed E-state index contributed by atoms with van der Waals surface area (Å²) < 4.78 is 14.1. The van der Waals surface area contributed by atoms with Crippen molar-refractivity contribution in [2.45, 2.75) is 6.54 Å². The van der Waals surface area contributed by atoms with Gasteiger partial charge in [-0.15, -0.1) is 11.3 Å². The molecule has 1 aromatic heterocycles. The summed E-state index contributed by atoms with van der Waals surface area (Å²) in [5.41, 5.74) is -0.00588. The van der Waals surface area contributed by atoms with Gasteiger partial charge in [-0.05, 0) is 39.5 Å². The number of rotatable bonds is 4. The van der Waals surface area contributed by atoms with E-state index in [0.29, 0.717) is 12.2 Å².